The Balaban J connectivity index is 1.93. The molecule has 27 heavy (non-hydrogen) atoms. The van der Waals surface area contributed by atoms with Crippen LogP contribution in [0.15, 0.2) is 24.3 Å². The van der Waals surface area contributed by atoms with Crippen LogP contribution in [0.4, 0.5) is 10.7 Å². The molecule has 0 bridgehead atoms. The van der Waals surface area contributed by atoms with Crippen molar-refractivity contribution in [2.24, 2.45) is 11.3 Å². The summed E-state index contributed by atoms with van der Waals surface area (Å²) in [4.78, 5) is 26.0. The zero-order valence-corrected chi connectivity index (χ0v) is 17.5. The third-order valence-corrected chi connectivity index (χ3v) is 6.49. The van der Waals surface area contributed by atoms with Gasteiger partial charge in [-0.1, -0.05) is 38.5 Å². The highest BCUT2D eigenvalue weighted by atomic mass is 32.1. The maximum atomic E-state index is 13.1. The van der Waals surface area contributed by atoms with Crippen LogP contribution in [0.5, 0.6) is 0 Å². The van der Waals surface area contributed by atoms with E-state index in [-0.39, 0.29) is 17.2 Å². The van der Waals surface area contributed by atoms with Crippen molar-refractivity contribution >= 4 is 33.8 Å². The molecule has 144 valence electrons. The first-order valence-corrected chi connectivity index (χ1v) is 10.3. The number of amides is 2. The van der Waals surface area contributed by atoms with Gasteiger partial charge in [-0.15, -0.1) is 11.3 Å². The molecule has 0 unspecified atom stereocenters. The van der Waals surface area contributed by atoms with Gasteiger partial charge in [0.1, 0.15) is 5.00 Å². The highest BCUT2D eigenvalue weighted by Gasteiger charge is 2.33. The summed E-state index contributed by atoms with van der Waals surface area (Å²) in [5, 5.41) is 6.54. The lowest BCUT2D eigenvalue weighted by atomic mass is 9.72. The van der Waals surface area contributed by atoms with Gasteiger partial charge in [0.15, 0.2) is 0 Å². The van der Waals surface area contributed by atoms with Gasteiger partial charge in [0.25, 0.3) is 5.91 Å². The van der Waals surface area contributed by atoms with E-state index in [0.717, 1.165) is 36.1 Å². The molecule has 0 saturated heterocycles. The molecule has 4 nitrogen and oxygen atoms in total. The SMILES string of the molecule is CC(=O)Nc1sc2c(c1C(=O)Nc1ccc(C)cc1)CC[C@H](C(C)(C)C)C2. The second-order valence-corrected chi connectivity index (χ2v) is 9.62. The number of carbonyl (C=O) groups excluding carboxylic acids is 2. The second kappa shape index (κ2) is 7.47. The molecule has 1 heterocycles. The van der Waals surface area contributed by atoms with Crippen LogP contribution in [0.3, 0.4) is 0 Å². The van der Waals surface area contributed by atoms with Gasteiger partial charge in [-0.05, 0) is 55.2 Å². The topological polar surface area (TPSA) is 58.2 Å². The summed E-state index contributed by atoms with van der Waals surface area (Å²) < 4.78 is 0. The molecule has 5 heteroatoms. The van der Waals surface area contributed by atoms with Crippen LogP contribution >= 0.6 is 11.3 Å². The third-order valence-electron chi connectivity index (χ3n) is 5.32. The summed E-state index contributed by atoms with van der Waals surface area (Å²) in [5.74, 6) is 0.293. The molecule has 0 spiro atoms. The highest BCUT2D eigenvalue weighted by Crippen LogP contribution is 2.44. The molecule has 1 aliphatic rings. The van der Waals surface area contributed by atoms with Crippen LogP contribution in [-0.4, -0.2) is 11.8 Å². The minimum Gasteiger partial charge on any atom is -0.322 e. The monoisotopic (exact) mass is 384 g/mol. The summed E-state index contributed by atoms with van der Waals surface area (Å²) in [5.41, 5.74) is 3.89. The molecule has 1 aromatic carbocycles. The first-order valence-electron chi connectivity index (χ1n) is 9.45. The van der Waals surface area contributed by atoms with E-state index in [9.17, 15) is 9.59 Å². The standard InChI is InChI=1S/C22H28N2O2S/c1-13-6-9-16(10-7-13)24-20(26)19-17-11-8-15(22(3,4)5)12-18(17)27-21(19)23-14(2)25/h6-7,9-10,15H,8,11-12H2,1-5H3,(H,23,25)(H,24,26)/t15-/m0/s1. The van der Waals surface area contributed by atoms with Crippen LogP contribution < -0.4 is 10.6 Å². The highest BCUT2D eigenvalue weighted by molar-refractivity contribution is 7.17. The normalized spacial score (nSPS) is 16.6. The minimum absolute atomic E-state index is 0.144. The average Bonchev–Trinajstić information content (AvgIpc) is 2.92. The maximum Gasteiger partial charge on any atom is 0.258 e. The van der Waals surface area contributed by atoms with E-state index in [1.54, 1.807) is 11.3 Å². The smallest absolute Gasteiger partial charge is 0.258 e. The number of carbonyl (C=O) groups is 2. The molecule has 3 rings (SSSR count). The summed E-state index contributed by atoms with van der Waals surface area (Å²) in [6, 6.07) is 7.75. The van der Waals surface area contributed by atoms with Crippen LogP contribution in [0.1, 0.15) is 60.5 Å². The second-order valence-electron chi connectivity index (χ2n) is 8.51. The van der Waals surface area contributed by atoms with Crippen LogP contribution in [0.2, 0.25) is 0 Å². The molecule has 2 N–H and O–H groups in total. The van der Waals surface area contributed by atoms with E-state index in [4.69, 9.17) is 0 Å². The van der Waals surface area contributed by atoms with E-state index in [1.807, 2.05) is 31.2 Å². The van der Waals surface area contributed by atoms with Crippen LogP contribution in [0.25, 0.3) is 0 Å². The lowest BCUT2D eigenvalue weighted by molar-refractivity contribution is -0.114. The molecular formula is C22H28N2O2S. The Morgan fingerprint density at radius 1 is 1.11 bits per heavy atom. The molecule has 2 aromatic rings. The van der Waals surface area contributed by atoms with Crippen molar-refractivity contribution in [1.29, 1.82) is 0 Å². The first kappa shape index (κ1) is 19.6. The molecule has 0 radical (unpaired) electrons. The van der Waals surface area contributed by atoms with Crippen molar-refractivity contribution in [2.45, 2.75) is 53.9 Å². The summed E-state index contributed by atoms with van der Waals surface area (Å²) in [7, 11) is 0. The number of hydrogen-bond donors (Lipinski definition) is 2. The van der Waals surface area contributed by atoms with Crippen LogP contribution in [-0.2, 0) is 17.6 Å². The lowest BCUT2D eigenvalue weighted by Crippen LogP contribution is -2.27. The molecular weight excluding hydrogens is 356 g/mol. The zero-order chi connectivity index (χ0) is 19.8. The maximum absolute atomic E-state index is 13.1. The van der Waals surface area contributed by atoms with Gasteiger partial charge in [-0.3, -0.25) is 9.59 Å². The largest absolute Gasteiger partial charge is 0.322 e. The molecule has 1 atom stereocenters. The Bertz CT molecular complexity index is 860. The van der Waals surface area contributed by atoms with Crippen molar-refractivity contribution in [2.75, 3.05) is 10.6 Å². The molecule has 1 aliphatic carbocycles. The average molecular weight is 385 g/mol. The number of thiophene rings is 1. The fraction of sp³-hybridized carbons (Fsp3) is 0.455. The number of hydrogen-bond acceptors (Lipinski definition) is 3. The van der Waals surface area contributed by atoms with Crippen molar-refractivity contribution in [3.63, 3.8) is 0 Å². The van der Waals surface area contributed by atoms with Gasteiger partial charge in [0.2, 0.25) is 5.91 Å². The number of anilines is 2. The predicted octanol–water partition coefficient (Wildman–Crippen LogP) is 5.42. The Kier molecular flexibility index (Phi) is 5.43. The van der Waals surface area contributed by atoms with E-state index >= 15 is 0 Å². The van der Waals surface area contributed by atoms with E-state index < -0.39 is 0 Å². The molecule has 2 amide bonds. The Hall–Kier alpha value is -2.14. The minimum atomic E-state index is -0.148. The fourth-order valence-corrected chi connectivity index (χ4v) is 5.01. The van der Waals surface area contributed by atoms with Crippen LogP contribution in [0, 0.1) is 18.3 Å². The number of fused-ring (bicyclic) bond motifs is 1. The Morgan fingerprint density at radius 3 is 2.37 bits per heavy atom. The van der Waals surface area contributed by atoms with E-state index in [1.165, 1.54) is 11.8 Å². The number of rotatable bonds is 3. The first-order chi connectivity index (χ1) is 12.6. The molecule has 1 aromatic heterocycles. The van der Waals surface area contributed by atoms with Crippen molar-refractivity contribution < 1.29 is 9.59 Å². The van der Waals surface area contributed by atoms with E-state index in [2.05, 4.69) is 31.4 Å². The van der Waals surface area contributed by atoms with Gasteiger partial charge in [-0.2, -0.15) is 0 Å². The van der Waals surface area contributed by atoms with Gasteiger partial charge >= 0.3 is 0 Å². The zero-order valence-electron chi connectivity index (χ0n) is 16.7. The Labute approximate surface area is 165 Å². The number of nitrogens with one attached hydrogen (secondary N) is 2. The molecule has 0 fully saturated rings. The lowest BCUT2D eigenvalue weighted by Gasteiger charge is -2.33. The quantitative estimate of drug-likeness (QED) is 0.742. The van der Waals surface area contributed by atoms with E-state index in [0.29, 0.717) is 16.5 Å². The van der Waals surface area contributed by atoms with Gasteiger partial charge in [0.05, 0.1) is 5.56 Å². The van der Waals surface area contributed by atoms with Crippen molar-refractivity contribution in [3.05, 3.63) is 45.8 Å². The summed E-state index contributed by atoms with van der Waals surface area (Å²) >= 11 is 1.56. The van der Waals surface area contributed by atoms with Gasteiger partial charge < -0.3 is 10.6 Å². The summed E-state index contributed by atoms with van der Waals surface area (Å²) in [6.07, 6.45) is 2.91. The number of benzene rings is 1. The molecule has 0 aliphatic heterocycles. The third kappa shape index (κ3) is 4.41. The predicted molar refractivity (Wildman–Crippen MR) is 113 cm³/mol. The van der Waals surface area contributed by atoms with Crippen molar-refractivity contribution in [1.82, 2.24) is 0 Å². The van der Waals surface area contributed by atoms with Crippen molar-refractivity contribution in [3.8, 4) is 0 Å². The van der Waals surface area contributed by atoms with Gasteiger partial charge in [-0.25, -0.2) is 0 Å². The summed E-state index contributed by atoms with van der Waals surface area (Å²) in [6.45, 7) is 10.3. The van der Waals surface area contributed by atoms with Gasteiger partial charge in [0, 0.05) is 17.5 Å². The molecule has 0 saturated carbocycles. The Morgan fingerprint density at radius 2 is 1.78 bits per heavy atom. The fourth-order valence-electron chi connectivity index (χ4n) is 3.64. The number of aryl methyl sites for hydroxylation is 1.